The van der Waals surface area contributed by atoms with Gasteiger partial charge in [-0.1, -0.05) is 11.6 Å². The molecule has 0 N–H and O–H groups in total. The fourth-order valence-corrected chi connectivity index (χ4v) is 4.85. The van der Waals surface area contributed by atoms with E-state index in [4.69, 9.17) is 25.8 Å². The van der Waals surface area contributed by atoms with Gasteiger partial charge in [-0.3, -0.25) is 14.4 Å². The summed E-state index contributed by atoms with van der Waals surface area (Å²) in [4.78, 5) is 37.2. The molecule has 30 heavy (non-hydrogen) atoms. The number of carbonyl (C=O) groups is 3. The molecule has 1 saturated carbocycles. The molecule has 0 radical (unpaired) electrons. The highest BCUT2D eigenvalue weighted by Crippen LogP contribution is 2.32. The lowest BCUT2D eigenvalue weighted by Crippen LogP contribution is -2.35. The molecule has 164 valence electrons. The van der Waals surface area contributed by atoms with E-state index in [1.54, 1.807) is 0 Å². The van der Waals surface area contributed by atoms with Gasteiger partial charge in [0, 0.05) is 30.2 Å². The van der Waals surface area contributed by atoms with E-state index in [2.05, 4.69) is 0 Å². The summed E-state index contributed by atoms with van der Waals surface area (Å²) in [6.07, 6.45) is 1.47. The Labute approximate surface area is 179 Å². The van der Waals surface area contributed by atoms with Crippen molar-refractivity contribution in [2.45, 2.75) is 36.9 Å². The normalized spacial score (nSPS) is 21.1. The van der Waals surface area contributed by atoms with E-state index in [0.717, 1.165) is 6.26 Å². The Bertz CT molecular complexity index is 934. The van der Waals surface area contributed by atoms with Gasteiger partial charge in [0.25, 0.3) is 0 Å². The maximum atomic E-state index is 12.9. The highest BCUT2D eigenvalue weighted by Gasteiger charge is 2.38. The Morgan fingerprint density at radius 1 is 1.20 bits per heavy atom. The molecule has 1 saturated heterocycles. The number of hydrogen-bond donors (Lipinski definition) is 0. The molecule has 1 unspecified atom stereocenters. The highest BCUT2D eigenvalue weighted by molar-refractivity contribution is 7.90. The van der Waals surface area contributed by atoms with Gasteiger partial charge in [-0.15, -0.1) is 0 Å². The second kappa shape index (κ2) is 9.65. The monoisotopic (exact) mass is 458 g/mol. The van der Waals surface area contributed by atoms with E-state index < -0.39 is 33.1 Å². The summed E-state index contributed by atoms with van der Waals surface area (Å²) in [5, 5.41) is -0.130. The molecule has 0 spiro atoms. The highest BCUT2D eigenvalue weighted by atomic mass is 35.5. The Hall–Kier alpha value is -1.65. The van der Waals surface area contributed by atoms with Crippen LogP contribution in [0.3, 0.4) is 0 Å². The van der Waals surface area contributed by atoms with Crippen molar-refractivity contribution < 1.29 is 37.0 Å². The second-order valence-electron chi connectivity index (χ2n) is 7.34. The Kier molecular flexibility index (Phi) is 7.41. The molecule has 1 aliphatic carbocycles. The van der Waals surface area contributed by atoms with Gasteiger partial charge >= 0.3 is 0 Å². The number of ketones is 3. The topological polar surface area (TPSA) is 113 Å². The summed E-state index contributed by atoms with van der Waals surface area (Å²) in [5.74, 6) is -2.97. The van der Waals surface area contributed by atoms with Gasteiger partial charge in [-0.25, -0.2) is 8.42 Å². The first-order chi connectivity index (χ1) is 14.2. The predicted octanol–water partition coefficient (Wildman–Crippen LogP) is 1.80. The van der Waals surface area contributed by atoms with Crippen molar-refractivity contribution in [3.8, 4) is 0 Å². The van der Waals surface area contributed by atoms with Crippen LogP contribution < -0.4 is 0 Å². The fraction of sp³-hybridized carbons (Fsp3) is 0.550. The number of sulfone groups is 1. The van der Waals surface area contributed by atoms with Crippen molar-refractivity contribution in [1.29, 1.82) is 0 Å². The van der Waals surface area contributed by atoms with Gasteiger partial charge in [-0.05, 0) is 18.6 Å². The van der Waals surface area contributed by atoms with Crippen LogP contribution in [-0.4, -0.2) is 64.6 Å². The number of hydrogen-bond acceptors (Lipinski definition) is 8. The largest absolute Gasteiger partial charge is 0.376 e. The Balaban J connectivity index is 1.88. The second-order valence-corrected chi connectivity index (χ2v) is 9.70. The Morgan fingerprint density at radius 3 is 2.50 bits per heavy atom. The summed E-state index contributed by atoms with van der Waals surface area (Å²) >= 11 is 6.41. The molecule has 10 heteroatoms. The molecule has 1 atom stereocenters. The molecule has 3 rings (SSSR count). The third kappa shape index (κ3) is 5.15. The molecule has 1 aromatic carbocycles. The number of carbonyl (C=O) groups excluding carboxylic acids is 3. The molecule has 0 amide bonds. The summed E-state index contributed by atoms with van der Waals surface area (Å²) in [6, 6.07) is 2.50. The standard InChI is InChI=1S/C20H23ClO8S/c1-30(25,26)17-6-5-13(20(24)18-15(22)3-2-4-16(18)23)19(21)14(17)11-28-10-12-9-27-7-8-29-12/h5-6,12,18H,2-4,7-11H2,1H3. The zero-order valence-corrected chi connectivity index (χ0v) is 18.1. The number of rotatable bonds is 7. The van der Waals surface area contributed by atoms with Gasteiger partial charge in [0.05, 0.1) is 43.0 Å². The summed E-state index contributed by atoms with van der Waals surface area (Å²) in [6.45, 7) is 1.27. The van der Waals surface area contributed by atoms with E-state index >= 15 is 0 Å². The van der Waals surface area contributed by atoms with Crippen molar-refractivity contribution in [2.75, 3.05) is 32.7 Å². The van der Waals surface area contributed by atoms with E-state index in [1.165, 1.54) is 12.1 Å². The summed E-state index contributed by atoms with van der Waals surface area (Å²) < 4.78 is 40.8. The van der Waals surface area contributed by atoms with E-state index in [-0.39, 0.29) is 53.2 Å². The molecule has 2 fully saturated rings. The maximum Gasteiger partial charge on any atom is 0.182 e. The first kappa shape index (κ1) is 23.0. The van der Waals surface area contributed by atoms with Crippen LogP contribution >= 0.6 is 11.6 Å². The molecule has 0 bridgehead atoms. The van der Waals surface area contributed by atoms with Crippen LogP contribution in [-0.2, 0) is 40.2 Å². The minimum atomic E-state index is -3.67. The minimum absolute atomic E-state index is 0.0616. The molecule has 1 aliphatic heterocycles. The molecule has 1 heterocycles. The van der Waals surface area contributed by atoms with Crippen LogP contribution in [0.4, 0.5) is 0 Å². The zero-order chi connectivity index (χ0) is 21.9. The van der Waals surface area contributed by atoms with Crippen LogP contribution in [0.25, 0.3) is 0 Å². The zero-order valence-electron chi connectivity index (χ0n) is 16.5. The first-order valence-corrected chi connectivity index (χ1v) is 11.8. The van der Waals surface area contributed by atoms with Crippen molar-refractivity contribution in [2.24, 2.45) is 5.92 Å². The number of halogens is 1. The summed E-state index contributed by atoms with van der Waals surface area (Å²) in [5.41, 5.74) is 0.0472. The number of Topliss-reactive ketones (excluding diaryl/α,β-unsaturated/α-hetero) is 3. The number of benzene rings is 1. The third-order valence-corrected chi connectivity index (χ3v) is 6.67. The van der Waals surface area contributed by atoms with E-state index in [9.17, 15) is 22.8 Å². The lowest BCUT2D eigenvalue weighted by Gasteiger charge is -2.23. The lowest BCUT2D eigenvalue weighted by atomic mass is 9.81. The maximum absolute atomic E-state index is 12.9. The molecule has 0 aromatic heterocycles. The SMILES string of the molecule is CS(=O)(=O)c1ccc(C(=O)C2C(=O)CCCC2=O)c(Cl)c1COCC1COCCO1. The van der Waals surface area contributed by atoms with Gasteiger partial charge in [0.2, 0.25) is 0 Å². The van der Waals surface area contributed by atoms with Crippen molar-refractivity contribution in [3.05, 3.63) is 28.3 Å². The van der Waals surface area contributed by atoms with Crippen LogP contribution in [0.15, 0.2) is 17.0 Å². The smallest absolute Gasteiger partial charge is 0.182 e. The van der Waals surface area contributed by atoms with Crippen LogP contribution in [0.2, 0.25) is 5.02 Å². The number of ether oxygens (including phenoxy) is 3. The molecule has 8 nitrogen and oxygen atoms in total. The van der Waals surface area contributed by atoms with Gasteiger partial charge in [0.1, 0.15) is 12.0 Å². The summed E-state index contributed by atoms with van der Waals surface area (Å²) in [7, 11) is -3.67. The molecule has 2 aliphatic rings. The van der Waals surface area contributed by atoms with Crippen LogP contribution in [0.5, 0.6) is 0 Å². The van der Waals surface area contributed by atoms with Gasteiger partial charge < -0.3 is 14.2 Å². The third-order valence-electron chi connectivity index (χ3n) is 5.05. The first-order valence-electron chi connectivity index (χ1n) is 9.58. The van der Waals surface area contributed by atoms with E-state index in [0.29, 0.717) is 26.2 Å². The average molecular weight is 459 g/mol. The van der Waals surface area contributed by atoms with Crippen LogP contribution in [0.1, 0.15) is 35.2 Å². The average Bonchev–Trinajstić information content (AvgIpc) is 2.68. The minimum Gasteiger partial charge on any atom is -0.376 e. The predicted molar refractivity (Wildman–Crippen MR) is 106 cm³/mol. The Morgan fingerprint density at radius 2 is 1.90 bits per heavy atom. The fourth-order valence-electron chi connectivity index (χ4n) is 3.55. The molecular weight excluding hydrogens is 436 g/mol. The van der Waals surface area contributed by atoms with Crippen molar-refractivity contribution in [3.63, 3.8) is 0 Å². The quantitative estimate of drug-likeness (QED) is 0.449. The molecular formula is C20H23ClO8S. The van der Waals surface area contributed by atoms with Crippen molar-refractivity contribution in [1.82, 2.24) is 0 Å². The van der Waals surface area contributed by atoms with Crippen molar-refractivity contribution >= 4 is 38.8 Å². The van der Waals surface area contributed by atoms with E-state index in [1.807, 2.05) is 0 Å². The lowest BCUT2D eigenvalue weighted by molar-refractivity contribution is -0.133. The van der Waals surface area contributed by atoms with Crippen LogP contribution in [0, 0.1) is 5.92 Å². The molecule has 1 aromatic rings. The van der Waals surface area contributed by atoms with Gasteiger partial charge in [-0.2, -0.15) is 0 Å². The van der Waals surface area contributed by atoms with Gasteiger partial charge in [0.15, 0.2) is 27.2 Å².